The number of amides is 3. The van der Waals surface area contributed by atoms with Crippen LogP contribution in [0.3, 0.4) is 0 Å². The molecule has 9 heteroatoms. The van der Waals surface area contributed by atoms with Crippen LogP contribution in [-0.4, -0.2) is 33.5 Å². The van der Waals surface area contributed by atoms with E-state index in [0.29, 0.717) is 27.8 Å². The lowest BCUT2D eigenvalue weighted by molar-refractivity contribution is -0.124. The molecule has 0 aromatic heterocycles. The second-order valence-corrected chi connectivity index (χ2v) is 9.63. The van der Waals surface area contributed by atoms with E-state index in [-0.39, 0.29) is 18.2 Å². The molecule has 0 saturated carbocycles. The first-order chi connectivity index (χ1) is 15.4. The van der Waals surface area contributed by atoms with Crippen molar-refractivity contribution in [2.75, 3.05) is 6.54 Å². The van der Waals surface area contributed by atoms with E-state index in [1.807, 2.05) is 30.3 Å². The minimum atomic E-state index is -0.403. The smallest absolute Gasteiger partial charge is 0.269 e. The van der Waals surface area contributed by atoms with Gasteiger partial charge in [-0.05, 0) is 54.3 Å². The van der Waals surface area contributed by atoms with Crippen LogP contribution in [-0.2, 0) is 16.0 Å². The molecule has 3 amide bonds. The maximum Gasteiger partial charge on any atom is 0.269 e. The monoisotopic (exact) mass is 531 g/mol. The Morgan fingerprint density at radius 1 is 1.09 bits per heavy atom. The summed E-state index contributed by atoms with van der Waals surface area (Å²) in [4.78, 5) is 38.9. The molecular formula is C23H22BrN3O3S2. The SMILES string of the molecule is CCc1ccc(/C=C2/SC(=S)N(CCCC(=O)NNC(=O)c3ccc(Br)cc3)C2=O)cc1. The van der Waals surface area contributed by atoms with E-state index in [1.165, 1.54) is 22.2 Å². The standard InChI is InChI=1S/C23H22BrN3O3S2/c1-2-15-5-7-16(8-6-15)14-19-22(30)27(23(31)32-19)13-3-4-20(28)25-26-21(29)17-9-11-18(24)12-10-17/h5-12,14H,2-4,13H2,1H3,(H,25,28)(H,26,29)/b19-14+. The molecule has 0 radical (unpaired) electrons. The molecule has 0 bridgehead atoms. The number of aryl methyl sites for hydroxylation is 1. The van der Waals surface area contributed by atoms with Crippen molar-refractivity contribution < 1.29 is 14.4 Å². The average Bonchev–Trinajstić information content (AvgIpc) is 3.05. The first kappa shape index (κ1) is 24.2. The van der Waals surface area contributed by atoms with E-state index in [9.17, 15) is 14.4 Å². The highest BCUT2D eigenvalue weighted by atomic mass is 79.9. The Morgan fingerprint density at radius 3 is 2.44 bits per heavy atom. The highest BCUT2D eigenvalue weighted by molar-refractivity contribution is 9.10. The van der Waals surface area contributed by atoms with Crippen molar-refractivity contribution in [1.82, 2.24) is 15.8 Å². The van der Waals surface area contributed by atoms with Crippen LogP contribution in [0.1, 0.15) is 41.3 Å². The summed E-state index contributed by atoms with van der Waals surface area (Å²) in [5.41, 5.74) is 7.39. The summed E-state index contributed by atoms with van der Waals surface area (Å²) in [6, 6.07) is 14.8. The van der Waals surface area contributed by atoms with Gasteiger partial charge in [0.2, 0.25) is 5.91 Å². The van der Waals surface area contributed by atoms with Gasteiger partial charge in [0, 0.05) is 23.0 Å². The fraction of sp³-hybridized carbons (Fsp3) is 0.217. The minimum absolute atomic E-state index is 0.148. The minimum Gasteiger partial charge on any atom is -0.293 e. The number of carbonyl (C=O) groups excluding carboxylic acids is 3. The third kappa shape index (κ3) is 6.51. The van der Waals surface area contributed by atoms with Gasteiger partial charge in [-0.1, -0.05) is 71.1 Å². The van der Waals surface area contributed by atoms with Gasteiger partial charge < -0.3 is 0 Å². The zero-order valence-corrected chi connectivity index (χ0v) is 20.6. The van der Waals surface area contributed by atoms with Crippen molar-refractivity contribution in [3.05, 3.63) is 74.6 Å². The van der Waals surface area contributed by atoms with E-state index in [2.05, 4.69) is 33.7 Å². The molecule has 1 aliphatic heterocycles. The van der Waals surface area contributed by atoms with Gasteiger partial charge in [-0.2, -0.15) is 0 Å². The molecule has 1 saturated heterocycles. The third-order valence-electron chi connectivity index (χ3n) is 4.77. The number of hydrogen-bond acceptors (Lipinski definition) is 5. The van der Waals surface area contributed by atoms with Crippen LogP contribution >= 0.6 is 39.9 Å². The maximum atomic E-state index is 12.7. The highest BCUT2D eigenvalue weighted by Gasteiger charge is 2.31. The molecule has 0 unspecified atom stereocenters. The first-order valence-corrected chi connectivity index (χ1v) is 12.1. The summed E-state index contributed by atoms with van der Waals surface area (Å²) in [7, 11) is 0. The molecule has 1 heterocycles. The summed E-state index contributed by atoms with van der Waals surface area (Å²) in [6.45, 7) is 2.43. The van der Waals surface area contributed by atoms with Crippen LogP contribution in [0.4, 0.5) is 0 Å². The van der Waals surface area contributed by atoms with Crippen LogP contribution < -0.4 is 10.9 Å². The van der Waals surface area contributed by atoms with E-state index in [1.54, 1.807) is 24.3 Å². The summed E-state index contributed by atoms with van der Waals surface area (Å²) in [5.74, 6) is -0.893. The Kier molecular flexibility index (Phi) is 8.60. The number of hydrazine groups is 1. The lowest BCUT2D eigenvalue weighted by atomic mass is 10.1. The van der Waals surface area contributed by atoms with E-state index >= 15 is 0 Å². The van der Waals surface area contributed by atoms with Crippen LogP contribution in [0.15, 0.2) is 57.9 Å². The zero-order valence-electron chi connectivity index (χ0n) is 17.4. The van der Waals surface area contributed by atoms with Gasteiger partial charge in [0.05, 0.1) is 4.91 Å². The first-order valence-electron chi connectivity index (χ1n) is 10.1. The molecule has 0 atom stereocenters. The van der Waals surface area contributed by atoms with E-state index in [4.69, 9.17) is 12.2 Å². The van der Waals surface area contributed by atoms with Gasteiger partial charge in [0.25, 0.3) is 11.8 Å². The van der Waals surface area contributed by atoms with Crippen LogP contribution in [0.25, 0.3) is 6.08 Å². The second-order valence-electron chi connectivity index (χ2n) is 7.04. The Hall–Kier alpha value is -2.49. The van der Waals surface area contributed by atoms with Crippen molar-refractivity contribution in [2.24, 2.45) is 0 Å². The molecule has 3 rings (SSSR count). The van der Waals surface area contributed by atoms with Crippen molar-refractivity contribution in [3.63, 3.8) is 0 Å². The Balaban J connectivity index is 1.45. The van der Waals surface area contributed by atoms with Gasteiger partial charge in [-0.15, -0.1) is 0 Å². The Labute approximate surface area is 204 Å². The fourth-order valence-electron chi connectivity index (χ4n) is 2.95. The molecule has 2 aromatic rings. The van der Waals surface area contributed by atoms with Crippen molar-refractivity contribution in [2.45, 2.75) is 26.2 Å². The van der Waals surface area contributed by atoms with Gasteiger partial charge >= 0.3 is 0 Å². The highest BCUT2D eigenvalue weighted by Crippen LogP contribution is 2.32. The Bertz CT molecular complexity index is 1050. The lowest BCUT2D eigenvalue weighted by Crippen LogP contribution is -2.41. The number of nitrogens with one attached hydrogen (secondary N) is 2. The fourth-order valence-corrected chi connectivity index (χ4v) is 4.53. The van der Waals surface area contributed by atoms with E-state index < -0.39 is 5.91 Å². The molecule has 0 spiro atoms. The van der Waals surface area contributed by atoms with E-state index in [0.717, 1.165) is 16.5 Å². The molecule has 2 N–H and O–H groups in total. The predicted octanol–water partition coefficient (Wildman–Crippen LogP) is 4.45. The number of thioether (sulfide) groups is 1. The maximum absolute atomic E-state index is 12.7. The number of rotatable bonds is 7. The molecule has 1 fully saturated rings. The van der Waals surface area contributed by atoms with Crippen LogP contribution in [0.5, 0.6) is 0 Å². The average molecular weight is 532 g/mol. The topological polar surface area (TPSA) is 78.5 Å². The summed E-state index contributed by atoms with van der Waals surface area (Å²) < 4.78 is 1.34. The number of hydrogen-bond donors (Lipinski definition) is 2. The van der Waals surface area contributed by atoms with Gasteiger partial charge in [0.15, 0.2) is 0 Å². The summed E-state index contributed by atoms with van der Waals surface area (Å²) in [5, 5.41) is 0. The van der Waals surface area contributed by atoms with Gasteiger partial charge in [0.1, 0.15) is 4.32 Å². The number of carbonyl (C=O) groups is 3. The van der Waals surface area contributed by atoms with Crippen LogP contribution in [0, 0.1) is 0 Å². The quantitative estimate of drug-likeness (QED) is 0.313. The number of halogens is 1. The van der Waals surface area contributed by atoms with Crippen molar-refractivity contribution in [1.29, 1.82) is 0 Å². The molecule has 166 valence electrons. The number of thiocarbonyl (C=S) groups is 1. The number of nitrogens with zero attached hydrogens (tertiary/aromatic N) is 1. The van der Waals surface area contributed by atoms with Crippen molar-refractivity contribution in [3.8, 4) is 0 Å². The normalized spacial score (nSPS) is 14.7. The largest absolute Gasteiger partial charge is 0.293 e. The molecule has 2 aromatic carbocycles. The van der Waals surface area contributed by atoms with Crippen LogP contribution in [0.2, 0.25) is 0 Å². The molecule has 6 nitrogen and oxygen atoms in total. The molecular weight excluding hydrogens is 510 g/mol. The van der Waals surface area contributed by atoms with Gasteiger partial charge in [-0.25, -0.2) is 0 Å². The molecule has 32 heavy (non-hydrogen) atoms. The zero-order chi connectivity index (χ0) is 23.1. The number of benzene rings is 2. The van der Waals surface area contributed by atoms with Crippen molar-refractivity contribution >= 4 is 68.0 Å². The lowest BCUT2D eigenvalue weighted by Gasteiger charge is -2.14. The molecule has 1 aliphatic rings. The van der Waals surface area contributed by atoms with Gasteiger partial charge in [-0.3, -0.25) is 30.1 Å². The second kappa shape index (κ2) is 11.4. The predicted molar refractivity (Wildman–Crippen MR) is 135 cm³/mol. The summed E-state index contributed by atoms with van der Waals surface area (Å²) in [6.07, 6.45) is 3.37. The Morgan fingerprint density at radius 2 is 1.78 bits per heavy atom. The third-order valence-corrected chi connectivity index (χ3v) is 6.67. The molecule has 0 aliphatic carbocycles. The summed E-state index contributed by atoms with van der Waals surface area (Å²) >= 11 is 9.91.